The number of rotatable bonds is 3. The molecule has 0 saturated heterocycles. The summed E-state index contributed by atoms with van der Waals surface area (Å²) < 4.78 is 13.5. The molecule has 0 amide bonds. The first-order chi connectivity index (χ1) is 10.4. The van der Waals surface area contributed by atoms with Crippen LogP contribution in [0.2, 0.25) is 0 Å². The maximum Gasteiger partial charge on any atom is 0.168 e. The average molecular weight is 295 g/mol. The van der Waals surface area contributed by atoms with Crippen molar-refractivity contribution in [2.75, 3.05) is 0 Å². The molecule has 1 heterocycles. The molecule has 3 heteroatoms. The molecule has 0 fully saturated rings. The largest absolute Gasteiger partial charge is 0.294 e. The summed E-state index contributed by atoms with van der Waals surface area (Å²) in [5.74, 6) is -0.211. The van der Waals surface area contributed by atoms with E-state index in [-0.39, 0.29) is 23.6 Å². The number of ketones is 1. The van der Waals surface area contributed by atoms with E-state index < -0.39 is 0 Å². The van der Waals surface area contributed by atoms with Crippen LogP contribution >= 0.6 is 0 Å². The summed E-state index contributed by atoms with van der Waals surface area (Å²) in [6.45, 7) is 4.02. The van der Waals surface area contributed by atoms with Gasteiger partial charge in [-0.2, -0.15) is 0 Å². The zero-order chi connectivity index (χ0) is 15.7. The van der Waals surface area contributed by atoms with Gasteiger partial charge < -0.3 is 0 Å². The van der Waals surface area contributed by atoms with Gasteiger partial charge in [0.2, 0.25) is 0 Å². The number of nitrogens with zero attached hydrogens (tertiary/aromatic N) is 1. The maximum absolute atomic E-state index is 13.5. The number of hydrogen-bond donors (Lipinski definition) is 0. The Balaban J connectivity index is 1.95. The summed E-state index contributed by atoms with van der Waals surface area (Å²) in [4.78, 5) is 17.2. The van der Waals surface area contributed by atoms with Gasteiger partial charge in [-0.15, -0.1) is 0 Å². The normalized spacial score (nSPS) is 15.9. The molecule has 0 atom stereocenters. The Morgan fingerprint density at radius 2 is 1.91 bits per heavy atom. The molecule has 0 saturated carbocycles. The molecule has 0 unspecified atom stereocenters. The number of halogens is 1. The van der Waals surface area contributed by atoms with Gasteiger partial charge in [0.05, 0.1) is 17.7 Å². The van der Waals surface area contributed by atoms with Gasteiger partial charge in [0.25, 0.3) is 0 Å². The lowest BCUT2D eigenvalue weighted by Crippen LogP contribution is -2.30. The molecule has 3 rings (SSSR count). The van der Waals surface area contributed by atoms with E-state index in [0.717, 1.165) is 16.8 Å². The fraction of sp³-hybridized carbons (Fsp3) is 0.263. The fourth-order valence-electron chi connectivity index (χ4n) is 2.93. The molecule has 0 aliphatic carbocycles. The van der Waals surface area contributed by atoms with Gasteiger partial charge in [0, 0.05) is 5.56 Å². The minimum Gasteiger partial charge on any atom is -0.294 e. The van der Waals surface area contributed by atoms with Crippen molar-refractivity contribution < 1.29 is 9.18 Å². The van der Waals surface area contributed by atoms with E-state index in [4.69, 9.17) is 4.99 Å². The number of fused-ring (bicyclic) bond motifs is 1. The molecule has 0 N–H and O–H groups in total. The quantitative estimate of drug-likeness (QED) is 0.779. The molecule has 0 aromatic heterocycles. The van der Waals surface area contributed by atoms with Crippen LogP contribution < -0.4 is 0 Å². The summed E-state index contributed by atoms with van der Waals surface area (Å²) in [6.07, 6.45) is 0.926. The van der Waals surface area contributed by atoms with Crippen molar-refractivity contribution in [3.05, 3.63) is 71.0 Å². The van der Waals surface area contributed by atoms with Crippen molar-refractivity contribution in [3.63, 3.8) is 0 Å². The number of benzene rings is 2. The van der Waals surface area contributed by atoms with Crippen LogP contribution in [0.5, 0.6) is 0 Å². The first-order valence-corrected chi connectivity index (χ1v) is 7.40. The Kier molecular flexibility index (Phi) is 3.65. The monoisotopic (exact) mass is 295 g/mol. The fourth-order valence-corrected chi connectivity index (χ4v) is 2.93. The Hall–Kier alpha value is -2.29. The second-order valence-electron chi connectivity index (χ2n) is 6.32. The van der Waals surface area contributed by atoms with Crippen molar-refractivity contribution in [2.45, 2.75) is 32.2 Å². The molecule has 0 bridgehead atoms. The van der Waals surface area contributed by atoms with Crippen molar-refractivity contribution >= 4 is 11.5 Å². The Bertz CT molecular complexity index is 747. The topological polar surface area (TPSA) is 29.4 Å². The van der Waals surface area contributed by atoms with E-state index in [1.165, 1.54) is 6.07 Å². The van der Waals surface area contributed by atoms with E-state index >= 15 is 0 Å². The second-order valence-corrected chi connectivity index (χ2v) is 6.32. The molecule has 1 aliphatic rings. The van der Waals surface area contributed by atoms with Crippen LogP contribution in [0, 0.1) is 5.82 Å². The lowest BCUT2D eigenvalue weighted by Gasteiger charge is -2.29. The molecular formula is C19H18FNO. The SMILES string of the molecule is CC1(C)Cc2cc(F)ccc2C(CC(=O)c2ccccc2)=N1. The predicted octanol–water partition coefficient (Wildman–Crippen LogP) is 4.22. The molecule has 0 radical (unpaired) electrons. The molecule has 2 aromatic carbocycles. The van der Waals surface area contributed by atoms with Gasteiger partial charge in [0.15, 0.2) is 5.78 Å². The van der Waals surface area contributed by atoms with E-state index in [2.05, 4.69) is 0 Å². The summed E-state index contributed by atoms with van der Waals surface area (Å²) in [5.41, 5.74) is 2.94. The molecule has 1 aliphatic heterocycles. The second kappa shape index (κ2) is 5.48. The molecular weight excluding hydrogens is 277 g/mol. The minimum atomic E-state index is -0.312. The number of carbonyl (C=O) groups excluding carboxylic acids is 1. The molecule has 22 heavy (non-hydrogen) atoms. The summed E-state index contributed by atoms with van der Waals surface area (Å²) in [6, 6.07) is 13.9. The number of Topliss-reactive ketones (excluding diaryl/α,β-unsaturated/α-hetero) is 1. The number of carbonyl (C=O) groups is 1. The highest BCUT2D eigenvalue weighted by Crippen LogP contribution is 2.29. The third-order valence-electron chi connectivity index (χ3n) is 3.86. The van der Waals surface area contributed by atoms with Gasteiger partial charge in [-0.1, -0.05) is 30.3 Å². The smallest absolute Gasteiger partial charge is 0.168 e. The predicted molar refractivity (Wildman–Crippen MR) is 86.1 cm³/mol. The zero-order valence-electron chi connectivity index (χ0n) is 12.8. The third-order valence-corrected chi connectivity index (χ3v) is 3.86. The summed E-state index contributed by atoms with van der Waals surface area (Å²) in [7, 11) is 0. The Morgan fingerprint density at radius 3 is 2.64 bits per heavy atom. The van der Waals surface area contributed by atoms with Crippen LogP contribution in [0.4, 0.5) is 4.39 Å². The lowest BCUT2D eigenvalue weighted by atomic mass is 9.85. The first kappa shape index (κ1) is 14.6. The maximum atomic E-state index is 13.5. The van der Waals surface area contributed by atoms with Crippen LogP contribution in [0.15, 0.2) is 53.5 Å². The Morgan fingerprint density at radius 1 is 1.18 bits per heavy atom. The zero-order valence-corrected chi connectivity index (χ0v) is 12.8. The molecule has 112 valence electrons. The highest BCUT2D eigenvalue weighted by atomic mass is 19.1. The van der Waals surface area contributed by atoms with Crippen LogP contribution in [0.25, 0.3) is 0 Å². The van der Waals surface area contributed by atoms with Gasteiger partial charge in [-0.05, 0) is 49.6 Å². The highest BCUT2D eigenvalue weighted by Gasteiger charge is 2.28. The van der Waals surface area contributed by atoms with E-state index in [1.54, 1.807) is 12.1 Å². The van der Waals surface area contributed by atoms with Gasteiger partial charge in [0.1, 0.15) is 5.82 Å². The van der Waals surface area contributed by atoms with Gasteiger partial charge in [-0.3, -0.25) is 9.79 Å². The van der Waals surface area contributed by atoms with Crippen molar-refractivity contribution in [1.29, 1.82) is 0 Å². The number of hydrogen-bond acceptors (Lipinski definition) is 2. The van der Waals surface area contributed by atoms with Crippen LogP contribution in [0.3, 0.4) is 0 Å². The highest BCUT2D eigenvalue weighted by molar-refractivity contribution is 6.16. The van der Waals surface area contributed by atoms with Crippen LogP contribution in [-0.4, -0.2) is 17.0 Å². The lowest BCUT2D eigenvalue weighted by molar-refractivity contribution is 0.100. The molecule has 0 spiro atoms. The van der Waals surface area contributed by atoms with Crippen molar-refractivity contribution in [3.8, 4) is 0 Å². The number of aliphatic imine (C=N–C) groups is 1. The minimum absolute atomic E-state index is 0.0346. The molecule has 2 nitrogen and oxygen atoms in total. The van der Waals surface area contributed by atoms with Crippen molar-refractivity contribution in [2.24, 2.45) is 4.99 Å². The average Bonchev–Trinajstić information content (AvgIpc) is 2.46. The third kappa shape index (κ3) is 2.98. The standard InChI is InChI=1S/C19H18FNO/c1-19(2)12-14-10-15(20)8-9-16(14)17(21-19)11-18(22)13-6-4-3-5-7-13/h3-10H,11-12H2,1-2H3. The van der Waals surface area contributed by atoms with Gasteiger partial charge in [-0.25, -0.2) is 4.39 Å². The van der Waals surface area contributed by atoms with Crippen LogP contribution in [0.1, 0.15) is 41.8 Å². The van der Waals surface area contributed by atoms with E-state index in [1.807, 2.05) is 44.2 Å². The Labute approximate surface area is 129 Å². The van der Waals surface area contributed by atoms with Gasteiger partial charge >= 0.3 is 0 Å². The summed E-state index contributed by atoms with van der Waals surface area (Å²) >= 11 is 0. The van der Waals surface area contributed by atoms with E-state index in [9.17, 15) is 9.18 Å². The summed E-state index contributed by atoms with van der Waals surface area (Å²) in [5, 5.41) is 0. The van der Waals surface area contributed by atoms with E-state index in [0.29, 0.717) is 12.0 Å². The van der Waals surface area contributed by atoms with Crippen LogP contribution in [-0.2, 0) is 6.42 Å². The first-order valence-electron chi connectivity index (χ1n) is 7.40. The molecule has 2 aromatic rings. The van der Waals surface area contributed by atoms with Crippen molar-refractivity contribution in [1.82, 2.24) is 0 Å².